The van der Waals surface area contributed by atoms with Crippen molar-refractivity contribution in [1.29, 1.82) is 0 Å². The maximum absolute atomic E-state index is 5.63. The topological polar surface area (TPSA) is 77.6 Å². The average Bonchev–Trinajstić information content (AvgIpc) is 2.18. The molecule has 0 saturated carbocycles. The summed E-state index contributed by atoms with van der Waals surface area (Å²) in [5.74, 6) is 0.466. The standard InChI is InChI=1S/C8H6ClN5/c9-7-12-6(13-8(10)14-7)5-3-1-2-4-11-5/h1-4H,(H2,10,12,13,14). The third-order valence-electron chi connectivity index (χ3n) is 1.52. The van der Waals surface area contributed by atoms with E-state index in [1.54, 1.807) is 18.3 Å². The van der Waals surface area contributed by atoms with Crippen LogP contribution in [0.1, 0.15) is 0 Å². The Hall–Kier alpha value is -1.75. The highest BCUT2D eigenvalue weighted by molar-refractivity contribution is 6.28. The van der Waals surface area contributed by atoms with E-state index < -0.39 is 0 Å². The quantitative estimate of drug-likeness (QED) is 0.760. The molecule has 0 bridgehead atoms. The second-order valence-corrected chi connectivity index (χ2v) is 2.84. The van der Waals surface area contributed by atoms with Crippen LogP contribution in [0.15, 0.2) is 24.4 Å². The molecular formula is C8H6ClN5. The molecule has 0 saturated heterocycles. The smallest absolute Gasteiger partial charge is 0.227 e. The molecule has 0 aliphatic heterocycles. The Kier molecular flexibility index (Phi) is 2.24. The lowest BCUT2D eigenvalue weighted by Crippen LogP contribution is -2.00. The van der Waals surface area contributed by atoms with Gasteiger partial charge in [0.15, 0.2) is 5.82 Å². The van der Waals surface area contributed by atoms with Crippen molar-refractivity contribution in [3.63, 3.8) is 0 Å². The van der Waals surface area contributed by atoms with Crippen LogP contribution >= 0.6 is 11.6 Å². The van der Waals surface area contributed by atoms with Crippen LogP contribution in [-0.2, 0) is 0 Å². The van der Waals surface area contributed by atoms with E-state index in [9.17, 15) is 0 Å². The molecule has 5 nitrogen and oxygen atoms in total. The van der Waals surface area contributed by atoms with E-state index in [0.29, 0.717) is 11.5 Å². The second-order valence-electron chi connectivity index (χ2n) is 2.50. The summed E-state index contributed by atoms with van der Waals surface area (Å²) in [4.78, 5) is 15.5. The van der Waals surface area contributed by atoms with Crippen molar-refractivity contribution in [2.45, 2.75) is 0 Å². The van der Waals surface area contributed by atoms with Crippen LogP contribution in [0.4, 0.5) is 5.95 Å². The van der Waals surface area contributed by atoms with Crippen molar-refractivity contribution in [1.82, 2.24) is 19.9 Å². The Balaban J connectivity index is 2.52. The lowest BCUT2D eigenvalue weighted by Gasteiger charge is -1.99. The van der Waals surface area contributed by atoms with Crippen molar-refractivity contribution < 1.29 is 0 Å². The van der Waals surface area contributed by atoms with E-state index in [2.05, 4.69) is 19.9 Å². The Labute approximate surface area is 85.0 Å². The molecule has 0 amide bonds. The van der Waals surface area contributed by atoms with Crippen molar-refractivity contribution in [2.24, 2.45) is 0 Å². The zero-order chi connectivity index (χ0) is 9.97. The van der Waals surface area contributed by atoms with E-state index in [1.807, 2.05) is 6.07 Å². The van der Waals surface area contributed by atoms with Crippen molar-refractivity contribution in [2.75, 3.05) is 5.73 Å². The van der Waals surface area contributed by atoms with Gasteiger partial charge in [0.2, 0.25) is 11.2 Å². The molecular weight excluding hydrogens is 202 g/mol. The minimum Gasteiger partial charge on any atom is -0.368 e. The van der Waals surface area contributed by atoms with E-state index in [-0.39, 0.29) is 11.2 Å². The van der Waals surface area contributed by atoms with Crippen molar-refractivity contribution in [3.8, 4) is 11.5 Å². The zero-order valence-electron chi connectivity index (χ0n) is 7.05. The Bertz CT molecular complexity index is 424. The SMILES string of the molecule is Nc1nc(Cl)nc(-c2ccccn2)n1. The second kappa shape index (κ2) is 3.55. The lowest BCUT2D eigenvalue weighted by atomic mass is 10.3. The van der Waals surface area contributed by atoms with Gasteiger partial charge in [-0.25, -0.2) is 0 Å². The van der Waals surface area contributed by atoms with Gasteiger partial charge in [0.05, 0.1) is 0 Å². The van der Waals surface area contributed by atoms with Crippen LogP contribution in [0.5, 0.6) is 0 Å². The molecule has 70 valence electrons. The van der Waals surface area contributed by atoms with Gasteiger partial charge >= 0.3 is 0 Å². The van der Waals surface area contributed by atoms with Gasteiger partial charge in [0, 0.05) is 6.20 Å². The van der Waals surface area contributed by atoms with Crippen LogP contribution in [0, 0.1) is 0 Å². The summed E-state index contributed by atoms with van der Waals surface area (Å²) in [6.45, 7) is 0. The third kappa shape index (κ3) is 1.77. The monoisotopic (exact) mass is 207 g/mol. The van der Waals surface area contributed by atoms with E-state index >= 15 is 0 Å². The van der Waals surface area contributed by atoms with Crippen LogP contribution in [-0.4, -0.2) is 19.9 Å². The van der Waals surface area contributed by atoms with E-state index in [4.69, 9.17) is 17.3 Å². The Morgan fingerprint density at radius 2 is 2.00 bits per heavy atom. The maximum atomic E-state index is 5.63. The molecule has 2 heterocycles. The van der Waals surface area contributed by atoms with Gasteiger partial charge in [-0.3, -0.25) is 4.98 Å². The van der Waals surface area contributed by atoms with Gasteiger partial charge in [0.1, 0.15) is 5.69 Å². The summed E-state index contributed by atoms with van der Waals surface area (Å²) in [6, 6.07) is 5.40. The van der Waals surface area contributed by atoms with Crippen LogP contribution in [0.25, 0.3) is 11.5 Å². The van der Waals surface area contributed by atoms with Crippen LogP contribution in [0.3, 0.4) is 0 Å². The van der Waals surface area contributed by atoms with Crippen molar-refractivity contribution >= 4 is 17.5 Å². The first kappa shape index (κ1) is 8.83. The maximum Gasteiger partial charge on any atom is 0.227 e. The van der Waals surface area contributed by atoms with E-state index in [1.165, 1.54) is 0 Å². The predicted octanol–water partition coefficient (Wildman–Crippen LogP) is 1.17. The fourth-order valence-corrected chi connectivity index (χ4v) is 1.14. The number of nitrogens with zero attached hydrogens (tertiary/aromatic N) is 4. The number of nitrogens with two attached hydrogens (primary N) is 1. The Morgan fingerprint density at radius 1 is 1.14 bits per heavy atom. The van der Waals surface area contributed by atoms with Gasteiger partial charge < -0.3 is 5.73 Å². The van der Waals surface area contributed by atoms with Gasteiger partial charge in [0.25, 0.3) is 0 Å². The highest BCUT2D eigenvalue weighted by atomic mass is 35.5. The van der Waals surface area contributed by atoms with Crippen LogP contribution < -0.4 is 5.73 Å². The number of pyridine rings is 1. The molecule has 0 atom stereocenters. The number of hydrogen-bond acceptors (Lipinski definition) is 5. The number of hydrogen-bond donors (Lipinski definition) is 1. The number of halogens is 1. The lowest BCUT2D eigenvalue weighted by molar-refractivity contribution is 1.06. The number of anilines is 1. The normalized spacial score (nSPS) is 10.1. The third-order valence-corrected chi connectivity index (χ3v) is 1.69. The van der Waals surface area contributed by atoms with Crippen LogP contribution in [0.2, 0.25) is 5.28 Å². The molecule has 2 N–H and O–H groups in total. The fourth-order valence-electron chi connectivity index (χ4n) is 0.975. The molecule has 0 aromatic carbocycles. The molecule has 0 fully saturated rings. The summed E-state index contributed by atoms with van der Waals surface area (Å²) < 4.78 is 0. The van der Waals surface area contributed by atoms with E-state index in [0.717, 1.165) is 0 Å². The first-order chi connectivity index (χ1) is 6.75. The zero-order valence-corrected chi connectivity index (χ0v) is 7.81. The predicted molar refractivity (Wildman–Crippen MR) is 52.5 cm³/mol. The molecule has 2 aromatic rings. The Morgan fingerprint density at radius 3 is 2.64 bits per heavy atom. The molecule has 14 heavy (non-hydrogen) atoms. The number of rotatable bonds is 1. The van der Waals surface area contributed by atoms with Gasteiger partial charge in [-0.2, -0.15) is 15.0 Å². The molecule has 0 aliphatic carbocycles. The summed E-state index contributed by atoms with van der Waals surface area (Å²) in [5, 5.41) is 0.0677. The average molecular weight is 208 g/mol. The first-order valence-electron chi connectivity index (χ1n) is 3.84. The molecule has 0 aliphatic rings. The minimum atomic E-state index is 0.0677. The summed E-state index contributed by atoms with van der Waals surface area (Å²) in [5.41, 5.74) is 6.04. The summed E-state index contributed by atoms with van der Waals surface area (Å²) in [7, 11) is 0. The molecule has 0 unspecified atom stereocenters. The highest BCUT2D eigenvalue weighted by Gasteiger charge is 2.05. The highest BCUT2D eigenvalue weighted by Crippen LogP contribution is 2.13. The molecule has 2 aromatic heterocycles. The minimum absolute atomic E-state index is 0.0677. The van der Waals surface area contributed by atoms with Gasteiger partial charge in [-0.1, -0.05) is 6.07 Å². The summed E-state index contributed by atoms with van der Waals surface area (Å²) in [6.07, 6.45) is 1.64. The summed E-state index contributed by atoms with van der Waals surface area (Å²) >= 11 is 5.63. The molecule has 0 radical (unpaired) electrons. The molecule has 6 heteroatoms. The molecule has 0 spiro atoms. The number of nitrogen functional groups attached to an aromatic ring is 1. The van der Waals surface area contributed by atoms with Gasteiger partial charge in [-0.05, 0) is 23.7 Å². The first-order valence-corrected chi connectivity index (χ1v) is 4.22. The van der Waals surface area contributed by atoms with Crippen molar-refractivity contribution in [3.05, 3.63) is 29.7 Å². The number of aromatic nitrogens is 4. The van der Waals surface area contributed by atoms with Gasteiger partial charge in [-0.15, -0.1) is 0 Å². The molecule has 2 rings (SSSR count). The fraction of sp³-hybridized carbons (Fsp3) is 0. The largest absolute Gasteiger partial charge is 0.368 e.